The number of morpholine rings is 1. The third kappa shape index (κ3) is 3.59. The number of aryl methyl sites for hydroxylation is 2. The highest BCUT2D eigenvalue weighted by Gasteiger charge is 2.27. The van der Waals surface area contributed by atoms with Crippen molar-refractivity contribution in [3.8, 4) is 0 Å². The molecular weight excluding hydrogens is 348 g/mol. The molecule has 2 aliphatic heterocycles. The first-order valence-corrected chi connectivity index (χ1v) is 9.25. The van der Waals surface area contributed by atoms with E-state index in [1.54, 1.807) is 20.2 Å². The Labute approximate surface area is 157 Å². The summed E-state index contributed by atoms with van der Waals surface area (Å²) < 4.78 is 10.5. The third-order valence-electron chi connectivity index (χ3n) is 5.11. The molecule has 0 unspecified atom stereocenters. The summed E-state index contributed by atoms with van der Waals surface area (Å²) in [6.45, 7) is 9.45. The first-order valence-electron chi connectivity index (χ1n) is 9.25. The molecule has 0 bridgehead atoms. The van der Waals surface area contributed by atoms with E-state index < -0.39 is 0 Å². The Morgan fingerprint density at radius 1 is 0.963 bits per heavy atom. The van der Waals surface area contributed by atoms with Crippen molar-refractivity contribution in [2.24, 2.45) is 0 Å². The number of hydrogen-bond donors (Lipinski definition) is 0. The van der Waals surface area contributed by atoms with Gasteiger partial charge in [0.05, 0.1) is 18.9 Å². The number of ether oxygens (including phenoxy) is 1. The van der Waals surface area contributed by atoms with E-state index in [1.165, 1.54) is 0 Å². The molecule has 2 aliphatic rings. The van der Waals surface area contributed by atoms with E-state index in [1.807, 2.05) is 11.0 Å². The summed E-state index contributed by atoms with van der Waals surface area (Å²) >= 11 is 0. The van der Waals surface area contributed by atoms with Crippen LogP contribution in [0.1, 0.15) is 21.8 Å². The van der Waals surface area contributed by atoms with Gasteiger partial charge in [0.15, 0.2) is 0 Å². The van der Waals surface area contributed by atoms with Gasteiger partial charge in [0.25, 0.3) is 5.91 Å². The molecule has 9 nitrogen and oxygen atoms in total. The highest BCUT2D eigenvalue weighted by Crippen LogP contribution is 2.21. The zero-order chi connectivity index (χ0) is 18.8. The number of rotatable bonds is 3. The van der Waals surface area contributed by atoms with Crippen molar-refractivity contribution in [2.75, 3.05) is 62.3 Å². The highest BCUT2D eigenvalue weighted by molar-refractivity contribution is 5.96. The van der Waals surface area contributed by atoms with Gasteiger partial charge in [0.1, 0.15) is 29.3 Å². The van der Waals surface area contributed by atoms with E-state index >= 15 is 0 Å². The molecule has 4 rings (SSSR count). The number of amides is 1. The van der Waals surface area contributed by atoms with Crippen molar-refractivity contribution in [1.29, 1.82) is 0 Å². The Morgan fingerprint density at radius 2 is 1.59 bits per heavy atom. The van der Waals surface area contributed by atoms with Crippen molar-refractivity contribution in [3.63, 3.8) is 0 Å². The molecule has 4 heterocycles. The molecule has 27 heavy (non-hydrogen) atoms. The molecule has 0 N–H and O–H groups in total. The van der Waals surface area contributed by atoms with Gasteiger partial charge in [-0.2, -0.15) is 0 Å². The first kappa shape index (κ1) is 17.7. The van der Waals surface area contributed by atoms with E-state index in [4.69, 9.17) is 9.26 Å². The minimum Gasteiger partial charge on any atom is -0.378 e. The van der Waals surface area contributed by atoms with Crippen LogP contribution in [0.4, 0.5) is 11.6 Å². The van der Waals surface area contributed by atoms with Gasteiger partial charge in [0, 0.05) is 45.3 Å². The van der Waals surface area contributed by atoms with Crippen LogP contribution in [-0.2, 0) is 4.74 Å². The predicted octanol–water partition coefficient (Wildman–Crippen LogP) is 0.880. The van der Waals surface area contributed by atoms with Gasteiger partial charge in [0.2, 0.25) is 0 Å². The van der Waals surface area contributed by atoms with E-state index in [9.17, 15) is 4.79 Å². The lowest BCUT2D eigenvalue weighted by molar-refractivity contribution is 0.0744. The second-order valence-electron chi connectivity index (χ2n) is 6.81. The Hall–Kier alpha value is -2.68. The molecule has 0 atom stereocenters. The lowest BCUT2D eigenvalue weighted by Gasteiger charge is -2.36. The van der Waals surface area contributed by atoms with Crippen LogP contribution in [0.25, 0.3) is 0 Å². The van der Waals surface area contributed by atoms with Gasteiger partial charge < -0.3 is 24.0 Å². The molecule has 2 saturated heterocycles. The number of aromatic nitrogens is 3. The minimum absolute atomic E-state index is 0.0115. The van der Waals surface area contributed by atoms with Crippen molar-refractivity contribution >= 4 is 17.5 Å². The van der Waals surface area contributed by atoms with Crippen LogP contribution in [0.15, 0.2) is 16.9 Å². The standard InChI is InChI=1S/C18H24N6O3/c1-13-17(14(2)27-21-13)18(25)24-5-3-22(4-6-24)15-11-16(20-12-19-15)23-7-9-26-10-8-23/h11-12H,3-10H2,1-2H3. The zero-order valence-electron chi connectivity index (χ0n) is 15.7. The fourth-order valence-corrected chi connectivity index (χ4v) is 3.56. The van der Waals surface area contributed by atoms with Crippen LogP contribution in [0.2, 0.25) is 0 Å². The number of nitrogens with zero attached hydrogens (tertiary/aromatic N) is 6. The van der Waals surface area contributed by atoms with E-state index in [0.29, 0.717) is 30.1 Å². The zero-order valence-corrected chi connectivity index (χ0v) is 15.7. The van der Waals surface area contributed by atoms with E-state index in [-0.39, 0.29) is 5.91 Å². The van der Waals surface area contributed by atoms with Crippen LogP contribution < -0.4 is 9.80 Å². The molecule has 2 aromatic rings. The van der Waals surface area contributed by atoms with E-state index in [0.717, 1.165) is 51.0 Å². The fraction of sp³-hybridized carbons (Fsp3) is 0.556. The van der Waals surface area contributed by atoms with Gasteiger partial charge in [-0.25, -0.2) is 9.97 Å². The normalized spacial score (nSPS) is 18.1. The van der Waals surface area contributed by atoms with Crippen LogP contribution in [-0.4, -0.2) is 78.4 Å². The topological polar surface area (TPSA) is 87.8 Å². The molecule has 144 valence electrons. The molecule has 0 saturated carbocycles. The van der Waals surface area contributed by atoms with Crippen LogP contribution in [0, 0.1) is 13.8 Å². The Morgan fingerprint density at radius 3 is 2.19 bits per heavy atom. The van der Waals surface area contributed by atoms with Crippen LogP contribution in [0.5, 0.6) is 0 Å². The second-order valence-corrected chi connectivity index (χ2v) is 6.81. The summed E-state index contributed by atoms with van der Waals surface area (Å²) in [7, 11) is 0. The summed E-state index contributed by atoms with van der Waals surface area (Å²) in [5.41, 5.74) is 1.23. The third-order valence-corrected chi connectivity index (χ3v) is 5.11. The van der Waals surface area contributed by atoms with Gasteiger partial charge in [-0.15, -0.1) is 0 Å². The maximum Gasteiger partial charge on any atom is 0.259 e. The van der Waals surface area contributed by atoms with Crippen molar-refractivity contribution < 1.29 is 14.1 Å². The molecule has 0 spiro atoms. The van der Waals surface area contributed by atoms with Gasteiger partial charge in [-0.3, -0.25) is 4.79 Å². The minimum atomic E-state index is -0.0115. The van der Waals surface area contributed by atoms with Crippen LogP contribution in [0.3, 0.4) is 0 Å². The number of anilines is 2. The summed E-state index contributed by atoms with van der Waals surface area (Å²) in [6.07, 6.45) is 1.61. The molecule has 1 amide bonds. The van der Waals surface area contributed by atoms with Gasteiger partial charge >= 0.3 is 0 Å². The first-order chi connectivity index (χ1) is 13.1. The molecule has 0 radical (unpaired) electrons. The van der Waals surface area contributed by atoms with Crippen molar-refractivity contribution in [3.05, 3.63) is 29.4 Å². The SMILES string of the molecule is Cc1noc(C)c1C(=O)N1CCN(c2cc(N3CCOCC3)ncn2)CC1. The Balaban J connectivity index is 1.41. The largest absolute Gasteiger partial charge is 0.378 e. The highest BCUT2D eigenvalue weighted by atomic mass is 16.5. The maximum absolute atomic E-state index is 12.8. The summed E-state index contributed by atoms with van der Waals surface area (Å²) in [4.78, 5) is 27.9. The molecular formula is C18H24N6O3. The second kappa shape index (κ2) is 7.51. The molecule has 2 fully saturated rings. The summed E-state index contributed by atoms with van der Waals surface area (Å²) in [5.74, 6) is 2.39. The summed E-state index contributed by atoms with van der Waals surface area (Å²) in [6, 6.07) is 2.02. The Kier molecular flexibility index (Phi) is 4.93. The van der Waals surface area contributed by atoms with E-state index in [2.05, 4.69) is 24.9 Å². The summed E-state index contributed by atoms with van der Waals surface area (Å²) in [5, 5.41) is 3.89. The lowest BCUT2D eigenvalue weighted by atomic mass is 10.1. The molecule has 0 aliphatic carbocycles. The predicted molar refractivity (Wildman–Crippen MR) is 99.2 cm³/mol. The van der Waals surface area contributed by atoms with Crippen molar-refractivity contribution in [1.82, 2.24) is 20.0 Å². The number of hydrogen-bond acceptors (Lipinski definition) is 8. The maximum atomic E-state index is 12.8. The number of carbonyl (C=O) groups is 1. The quantitative estimate of drug-likeness (QED) is 0.785. The average molecular weight is 372 g/mol. The lowest BCUT2D eigenvalue weighted by Crippen LogP contribution is -2.49. The molecule has 0 aromatic carbocycles. The molecule has 9 heteroatoms. The molecule has 2 aromatic heterocycles. The van der Waals surface area contributed by atoms with Crippen LogP contribution >= 0.6 is 0 Å². The van der Waals surface area contributed by atoms with Gasteiger partial charge in [-0.1, -0.05) is 5.16 Å². The smallest absolute Gasteiger partial charge is 0.259 e. The average Bonchev–Trinajstić information content (AvgIpc) is 3.06. The number of carbonyl (C=O) groups excluding carboxylic acids is 1. The fourth-order valence-electron chi connectivity index (χ4n) is 3.56. The van der Waals surface area contributed by atoms with Gasteiger partial charge in [-0.05, 0) is 13.8 Å². The van der Waals surface area contributed by atoms with Crippen molar-refractivity contribution in [2.45, 2.75) is 13.8 Å². The number of piperazine rings is 1. The Bertz CT molecular complexity index is 790. The monoisotopic (exact) mass is 372 g/mol.